The van der Waals surface area contributed by atoms with Gasteiger partial charge in [-0.15, -0.1) is 0 Å². The largest absolute Gasteiger partial charge is 0.496 e. The van der Waals surface area contributed by atoms with Gasteiger partial charge in [0.2, 0.25) is 5.91 Å². The van der Waals surface area contributed by atoms with Crippen molar-refractivity contribution in [1.29, 1.82) is 0 Å². The molecule has 1 aromatic rings. The lowest BCUT2D eigenvalue weighted by Gasteiger charge is -2.36. The second kappa shape index (κ2) is 7.32. The molecule has 0 spiro atoms. The smallest absolute Gasteiger partial charge is 0.225 e. The summed E-state index contributed by atoms with van der Waals surface area (Å²) in [5.41, 5.74) is 7.14. The van der Waals surface area contributed by atoms with Gasteiger partial charge in [0.05, 0.1) is 7.11 Å². The van der Waals surface area contributed by atoms with Gasteiger partial charge in [-0.3, -0.25) is 9.69 Å². The number of carbonyl (C=O) groups is 1. The zero-order valence-electron chi connectivity index (χ0n) is 13.9. The Morgan fingerprint density at radius 3 is 2.61 bits per heavy atom. The summed E-state index contributed by atoms with van der Waals surface area (Å²) in [6.45, 7) is 4.35. The SMILES string of the molecule is COc1ccccc1CN1CCN(C(=O)[C@H]2CC[C@H](N)C2)CC1. The monoisotopic (exact) mass is 317 g/mol. The van der Waals surface area contributed by atoms with Crippen LogP contribution < -0.4 is 10.5 Å². The molecule has 0 unspecified atom stereocenters. The lowest BCUT2D eigenvalue weighted by Crippen LogP contribution is -2.49. The zero-order valence-corrected chi connectivity index (χ0v) is 13.9. The molecule has 1 saturated heterocycles. The minimum absolute atomic E-state index is 0.158. The highest BCUT2D eigenvalue weighted by Gasteiger charge is 2.32. The van der Waals surface area contributed by atoms with Crippen LogP contribution in [-0.2, 0) is 11.3 Å². The maximum atomic E-state index is 12.5. The third-order valence-corrected chi connectivity index (χ3v) is 5.09. The molecule has 0 bridgehead atoms. The maximum absolute atomic E-state index is 12.5. The van der Waals surface area contributed by atoms with Gasteiger partial charge in [-0.25, -0.2) is 0 Å². The Balaban J connectivity index is 1.51. The summed E-state index contributed by atoms with van der Waals surface area (Å²) >= 11 is 0. The summed E-state index contributed by atoms with van der Waals surface area (Å²) in [6, 6.07) is 8.36. The van der Waals surface area contributed by atoms with Crippen molar-refractivity contribution in [2.24, 2.45) is 11.7 Å². The van der Waals surface area contributed by atoms with E-state index in [1.165, 1.54) is 5.56 Å². The molecule has 3 rings (SSSR count). The predicted octanol–water partition coefficient (Wildman–Crippen LogP) is 1.47. The van der Waals surface area contributed by atoms with Gasteiger partial charge in [0, 0.05) is 50.2 Å². The van der Waals surface area contributed by atoms with Gasteiger partial charge in [0.25, 0.3) is 0 Å². The molecule has 5 heteroatoms. The predicted molar refractivity (Wildman–Crippen MR) is 90.2 cm³/mol. The van der Waals surface area contributed by atoms with E-state index in [2.05, 4.69) is 11.0 Å². The first kappa shape index (κ1) is 16.3. The summed E-state index contributed by atoms with van der Waals surface area (Å²) < 4.78 is 5.42. The Bertz CT molecular complexity index is 541. The molecule has 1 saturated carbocycles. The van der Waals surface area contributed by atoms with Crippen molar-refractivity contribution in [3.05, 3.63) is 29.8 Å². The summed E-state index contributed by atoms with van der Waals surface area (Å²) in [7, 11) is 1.71. The molecule has 126 valence electrons. The van der Waals surface area contributed by atoms with Crippen molar-refractivity contribution in [3.63, 3.8) is 0 Å². The summed E-state index contributed by atoms with van der Waals surface area (Å²) in [4.78, 5) is 17.0. The number of hydrogen-bond donors (Lipinski definition) is 1. The van der Waals surface area contributed by atoms with Crippen molar-refractivity contribution >= 4 is 5.91 Å². The van der Waals surface area contributed by atoms with Crippen molar-refractivity contribution in [1.82, 2.24) is 9.80 Å². The number of benzene rings is 1. The topological polar surface area (TPSA) is 58.8 Å². The lowest BCUT2D eigenvalue weighted by atomic mass is 10.1. The zero-order chi connectivity index (χ0) is 16.2. The van der Waals surface area contributed by atoms with E-state index in [0.29, 0.717) is 5.91 Å². The Morgan fingerprint density at radius 1 is 1.22 bits per heavy atom. The van der Waals surface area contributed by atoms with Crippen LogP contribution in [0.25, 0.3) is 0 Å². The van der Waals surface area contributed by atoms with E-state index in [1.54, 1.807) is 7.11 Å². The van der Waals surface area contributed by atoms with E-state index in [4.69, 9.17) is 10.5 Å². The van der Waals surface area contributed by atoms with Gasteiger partial charge in [-0.2, -0.15) is 0 Å². The second-order valence-corrected chi connectivity index (χ2v) is 6.68. The van der Waals surface area contributed by atoms with Crippen LogP contribution in [0, 0.1) is 5.92 Å². The molecular formula is C18H27N3O2. The van der Waals surface area contributed by atoms with Crippen molar-refractivity contribution in [2.75, 3.05) is 33.3 Å². The van der Waals surface area contributed by atoms with Crippen LogP contribution in [0.5, 0.6) is 5.75 Å². The molecule has 2 fully saturated rings. The van der Waals surface area contributed by atoms with E-state index >= 15 is 0 Å². The molecule has 0 aromatic heterocycles. The van der Waals surface area contributed by atoms with Crippen LogP contribution in [0.4, 0.5) is 0 Å². The minimum atomic E-state index is 0.158. The van der Waals surface area contributed by atoms with Crippen LogP contribution in [0.15, 0.2) is 24.3 Å². The van der Waals surface area contributed by atoms with E-state index in [9.17, 15) is 4.79 Å². The normalized spacial score (nSPS) is 25.6. The van der Waals surface area contributed by atoms with Crippen LogP contribution >= 0.6 is 0 Å². The van der Waals surface area contributed by atoms with Crippen LogP contribution in [0.2, 0.25) is 0 Å². The average Bonchev–Trinajstić information content (AvgIpc) is 3.02. The molecule has 1 amide bonds. The van der Waals surface area contributed by atoms with E-state index in [-0.39, 0.29) is 12.0 Å². The summed E-state index contributed by atoms with van der Waals surface area (Å²) in [6.07, 6.45) is 2.81. The van der Waals surface area contributed by atoms with Gasteiger partial charge in [0.1, 0.15) is 5.75 Å². The number of amides is 1. The number of rotatable bonds is 4. The molecule has 2 N–H and O–H groups in total. The average molecular weight is 317 g/mol. The van der Waals surface area contributed by atoms with Crippen LogP contribution in [-0.4, -0.2) is 55.0 Å². The fraction of sp³-hybridized carbons (Fsp3) is 0.611. The second-order valence-electron chi connectivity index (χ2n) is 6.68. The molecule has 2 aliphatic rings. The van der Waals surface area contributed by atoms with Gasteiger partial charge < -0.3 is 15.4 Å². The number of para-hydroxylation sites is 1. The van der Waals surface area contributed by atoms with Crippen LogP contribution in [0.3, 0.4) is 0 Å². The number of nitrogens with zero attached hydrogens (tertiary/aromatic N) is 2. The van der Waals surface area contributed by atoms with E-state index < -0.39 is 0 Å². The molecule has 1 aliphatic heterocycles. The standard InChI is InChI=1S/C18H27N3O2/c1-23-17-5-3-2-4-15(17)13-20-8-10-21(11-9-20)18(22)14-6-7-16(19)12-14/h2-5,14,16H,6-13,19H2,1H3/t14-,16-/m0/s1. The number of nitrogens with two attached hydrogens (primary N) is 1. The summed E-state index contributed by atoms with van der Waals surface area (Å²) in [5, 5.41) is 0. The van der Waals surface area contributed by atoms with Crippen molar-refractivity contribution < 1.29 is 9.53 Å². The third kappa shape index (κ3) is 3.85. The molecule has 1 aromatic carbocycles. The molecule has 1 heterocycles. The Morgan fingerprint density at radius 2 is 1.96 bits per heavy atom. The molecule has 0 radical (unpaired) electrons. The lowest BCUT2D eigenvalue weighted by molar-refractivity contribution is -0.137. The van der Waals surface area contributed by atoms with Gasteiger partial charge in [-0.05, 0) is 25.3 Å². The number of piperazine rings is 1. The van der Waals surface area contributed by atoms with E-state index in [1.807, 2.05) is 23.1 Å². The van der Waals surface area contributed by atoms with Gasteiger partial charge in [-0.1, -0.05) is 18.2 Å². The molecule has 1 aliphatic carbocycles. The molecule has 23 heavy (non-hydrogen) atoms. The first-order valence-electron chi connectivity index (χ1n) is 8.56. The highest BCUT2D eigenvalue weighted by Crippen LogP contribution is 2.27. The fourth-order valence-corrected chi connectivity index (χ4v) is 3.70. The minimum Gasteiger partial charge on any atom is -0.496 e. The third-order valence-electron chi connectivity index (χ3n) is 5.09. The number of methoxy groups -OCH3 is 1. The number of carbonyl (C=O) groups excluding carboxylic acids is 1. The Kier molecular flexibility index (Phi) is 5.18. The van der Waals surface area contributed by atoms with Gasteiger partial charge in [0.15, 0.2) is 0 Å². The Hall–Kier alpha value is -1.59. The number of hydrogen-bond acceptors (Lipinski definition) is 4. The molecule has 5 nitrogen and oxygen atoms in total. The van der Waals surface area contributed by atoms with Crippen LogP contribution in [0.1, 0.15) is 24.8 Å². The maximum Gasteiger partial charge on any atom is 0.225 e. The molecule has 2 atom stereocenters. The van der Waals surface area contributed by atoms with E-state index in [0.717, 1.165) is 57.7 Å². The first-order valence-corrected chi connectivity index (χ1v) is 8.56. The molecular weight excluding hydrogens is 290 g/mol. The number of ether oxygens (including phenoxy) is 1. The highest BCUT2D eigenvalue weighted by molar-refractivity contribution is 5.79. The highest BCUT2D eigenvalue weighted by atomic mass is 16.5. The summed E-state index contributed by atoms with van der Waals surface area (Å²) in [5.74, 6) is 1.41. The fourth-order valence-electron chi connectivity index (χ4n) is 3.70. The first-order chi connectivity index (χ1) is 11.2. The Labute approximate surface area is 138 Å². The van der Waals surface area contributed by atoms with Crippen molar-refractivity contribution in [2.45, 2.75) is 31.8 Å². The quantitative estimate of drug-likeness (QED) is 0.913. The van der Waals surface area contributed by atoms with Gasteiger partial charge >= 0.3 is 0 Å². The van der Waals surface area contributed by atoms with Crippen molar-refractivity contribution in [3.8, 4) is 5.75 Å².